The van der Waals surface area contributed by atoms with Gasteiger partial charge in [0.15, 0.2) is 5.82 Å². The summed E-state index contributed by atoms with van der Waals surface area (Å²) in [5.41, 5.74) is 5.36. The van der Waals surface area contributed by atoms with Crippen LogP contribution in [0.15, 0.2) is 4.52 Å². The highest BCUT2D eigenvalue weighted by atomic mass is 16.5. The number of nitrogens with zero attached hydrogens (tertiary/aromatic N) is 3. The highest BCUT2D eigenvalue weighted by molar-refractivity contribution is 4.86. The minimum Gasteiger partial charge on any atom is -0.338 e. The van der Waals surface area contributed by atoms with E-state index in [1.54, 1.807) is 0 Å². The lowest BCUT2D eigenvalue weighted by Gasteiger charge is -2.16. The summed E-state index contributed by atoms with van der Waals surface area (Å²) in [4.78, 5) is 6.46. The Morgan fingerprint density at radius 3 is 2.57 bits per heavy atom. The van der Waals surface area contributed by atoms with Crippen molar-refractivity contribution in [1.29, 1.82) is 0 Å². The van der Waals surface area contributed by atoms with Gasteiger partial charge in [0.1, 0.15) is 0 Å². The molecule has 0 spiro atoms. The molecule has 5 heteroatoms. The van der Waals surface area contributed by atoms with Crippen LogP contribution in [-0.4, -0.2) is 34.7 Å². The Morgan fingerprint density at radius 2 is 2.07 bits per heavy atom. The molecule has 2 N–H and O–H groups in total. The van der Waals surface area contributed by atoms with E-state index in [1.807, 2.05) is 0 Å². The molecule has 1 rings (SSSR count). The van der Waals surface area contributed by atoms with Gasteiger partial charge in [-0.1, -0.05) is 19.0 Å². The zero-order valence-electron chi connectivity index (χ0n) is 8.86. The second kappa shape index (κ2) is 5.72. The monoisotopic (exact) mass is 198 g/mol. The van der Waals surface area contributed by atoms with E-state index < -0.39 is 0 Å². The molecule has 0 saturated heterocycles. The molecular formula is C9H18N4O. The average molecular weight is 198 g/mol. The molecule has 0 amide bonds. The summed E-state index contributed by atoms with van der Waals surface area (Å²) in [5.74, 6) is 1.26. The van der Waals surface area contributed by atoms with E-state index in [1.165, 1.54) is 0 Å². The first-order chi connectivity index (χ1) is 6.80. The molecule has 0 aliphatic rings. The molecular weight excluding hydrogens is 180 g/mol. The van der Waals surface area contributed by atoms with Crippen molar-refractivity contribution in [3.05, 3.63) is 11.7 Å². The highest BCUT2D eigenvalue weighted by Crippen LogP contribution is 1.98. The minimum absolute atomic E-state index is 0.318. The normalized spacial score (nSPS) is 11.1. The zero-order chi connectivity index (χ0) is 10.4. The second-order valence-corrected chi connectivity index (χ2v) is 3.09. The van der Waals surface area contributed by atoms with Gasteiger partial charge in [-0.25, -0.2) is 0 Å². The first-order valence-electron chi connectivity index (χ1n) is 5.04. The maximum absolute atomic E-state index is 5.36. The Balaban J connectivity index is 2.37. The van der Waals surface area contributed by atoms with Crippen LogP contribution in [0.5, 0.6) is 0 Å². The van der Waals surface area contributed by atoms with E-state index in [-0.39, 0.29) is 0 Å². The third kappa shape index (κ3) is 3.08. The molecule has 5 nitrogen and oxygen atoms in total. The van der Waals surface area contributed by atoms with Crippen LogP contribution in [0.3, 0.4) is 0 Å². The number of rotatable bonds is 6. The average Bonchev–Trinajstić information content (AvgIpc) is 2.67. The van der Waals surface area contributed by atoms with Gasteiger partial charge in [-0.15, -0.1) is 0 Å². The van der Waals surface area contributed by atoms with E-state index in [4.69, 9.17) is 10.3 Å². The number of hydrogen-bond acceptors (Lipinski definition) is 5. The topological polar surface area (TPSA) is 68.2 Å². The summed E-state index contributed by atoms with van der Waals surface area (Å²) in [7, 11) is 0. The second-order valence-electron chi connectivity index (χ2n) is 3.09. The predicted octanol–water partition coefficient (Wildman–Crippen LogP) is 0.413. The van der Waals surface area contributed by atoms with Crippen LogP contribution < -0.4 is 5.73 Å². The summed E-state index contributed by atoms with van der Waals surface area (Å²) in [6.07, 6.45) is 0.825. The lowest BCUT2D eigenvalue weighted by molar-refractivity contribution is 0.302. The van der Waals surface area contributed by atoms with Gasteiger partial charge >= 0.3 is 0 Å². The molecule has 0 aliphatic heterocycles. The Morgan fingerprint density at radius 1 is 1.36 bits per heavy atom. The molecule has 0 saturated carbocycles. The van der Waals surface area contributed by atoms with Crippen molar-refractivity contribution in [3.63, 3.8) is 0 Å². The van der Waals surface area contributed by atoms with Crippen LogP contribution in [0.2, 0.25) is 0 Å². The van der Waals surface area contributed by atoms with E-state index in [0.29, 0.717) is 12.4 Å². The van der Waals surface area contributed by atoms with Gasteiger partial charge in [-0.2, -0.15) is 4.98 Å². The number of hydrogen-bond donors (Lipinski definition) is 1. The van der Waals surface area contributed by atoms with Crippen molar-refractivity contribution >= 4 is 0 Å². The first-order valence-corrected chi connectivity index (χ1v) is 5.04. The fourth-order valence-electron chi connectivity index (χ4n) is 1.27. The van der Waals surface area contributed by atoms with Gasteiger partial charge in [-0.3, -0.25) is 0 Å². The van der Waals surface area contributed by atoms with E-state index in [9.17, 15) is 0 Å². The fourth-order valence-corrected chi connectivity index (χ4v) is 1.27. The summed E-state index contributed by atoms with van der Waals surface area (Å²) in [6.45, 7) is 7.68. The Bertz CT molecular complexity index is 257. The fraction of sp³-hybridized carbons (Fsp3) is 0.778. The van der Waals surface area contributed by atoms with Crippen molar-refractivity contribution in [2.75, 3.05) is 19.6 Å². The summed E-state index contributed by atoms with van der Waals surface area (Å²) in [6, 6.07) is 0. The molecule has 0 atom stereocenters. The van der Waals surface area contributed by atoms with Crippen LogP contribution in [0.25, 0.3) is 0 Å². The van der Waals surface area contributed by atoms with Crippen LogP contribution in [0.1, 0.15) is 25.6 Å². The minimum atomic E-state index is 0.318. The summed E-state index contributed by atoms with van der Waals surface area (Å²) >= 11 is 0. The number of nitrogens with two attached hydrogens (primary N) is 1. The van der Waals surface area contributed by atoms with Crippen LogP contribution in [-0.2, 0) is 13.0 Å². The molecule has 0 unspecified atom stereocenters. The lowest BCUT2D eigenvalue weighted by atomic mass is 10.3. The lowest BCUT2D eigenvalue weighted by Crippen LogP contribution is -2.25. The van der Waals surface area contributed by atoms with Crippen molar-refractivity contribution in [1.82, 2.24) is 15.0 Å². The molecule has 1 heterocycles. The smallest absolute Gasteiger partial charge is 0.240 e. The van der Waals surface area contributed by atoms with Gasteiger partial charge < -0.3 is 15.2 Å². The summed E-state index contributed by atoms with van der Waals surface area (Å²) < 4.78 is 4.91. The van der Waals surface area contributed by atoms with Crippen molar-refractivity contribution in [2.24, 2.45) is 5.73 Å². The highest BCUT2D eigenvalue weighted by Gasteiger charge is 2.06. The van der Waals surface area contributed by atoms with Crippen LogP contribution >= 0.6 is 0 Å². The van der Waals surface area contributed by atoms with Gasteiger partial charge in [0.05, 0.1) is 6.54 Å². The van der Waals surface area contributed by atoms with Gasteiger partial charge in [-0.05, 0) is 13.1 Å². The molecule has 80 valence electrons. The van der Waals surface area contributed by atoms with Crippen LogP contribution in [0, 0.1) is 0 Å². The van der Waals surface area contributed by atoms with Gasteiger partial charge in [0.2, 0.25) is 5.89 Å². The molecule has 0 aliphatic carbocycles. The Kier molecular flexibility index (Phi) is 4.55. The molecule has 0 aromatic carbocycles. The third-order valence-corrected chi connectivity index (χ3v) is 2.23. The SMILES string of the molecule is CCN(CC)CCc1noc(CN)n1. The predicted molar refractivity (Wildman–Crippen MR) is 53.7 cm³/mol. The molecule has 0 bridgehead atoms. The molecule has 14 heavy (non-hydrogen) atoms. The van der Waals surface area contributed by atoms with Crippen LogP contribution in [0.4, 0.5) is 0 Å². The summed E-state index contributed by atoms with van der Waals surface area (Å²) in [5, 5.41) is 3.83. The quantitative estimate of drug-likeness (QED) is 0.717. The maximum Gasteiger partial charge on any atom is 0.240 e. The molecule has 1 aromatic heterocycles. The number of aromatic nitrogens is 2. The Hall–Kier alpha value is -0.940. The molecule has 1 aromatic rings. The van der Waals surface area contributed by atoms with Crippen molar-refractivity contribution < 1.29 is 4.52 Å². The first kappa shape index (κ1) is 11.1. The van der Waals surface area contributed by atoms with E-state index in [0.717, 1.165) is 31.9 Å². The van der Waals surface area contributed by atoms with Crippen molar-refractivity contribution in [3.8, 4) is 0 Å². The molecule has 0 fully saturated rings. The van der Waals surface area contributed by atoms with E-state index in [2.05, 4.69) is 28.9 Å². The van der Waals surface area contributed by atoms with E-state index >= 15 is 0 Å². The zero-order valence-corrected chi connectivity index (χ0v) is 8.86. The number of likely N-dealkylation sites (N-methyl/N-ethyl adjacent to an activating group) is 1. The standard InChI is InChI=1S/C9H18N4O/c1-3-13(4-2)6-5-8-11-9(7-10)14-12-8/h3-7,10H2,1-2H3. The van der Waals surface area contributed by atoms with Gasteiger partial charge in [0.25, 0.3) is 0 Å². The maximum atomic E-state index is 5.36. The Labute approximate surface area is 84.3 Å². The largest absolute Gasteiger partial charge is 0.338 e. The third-order valence-electron chi connectivity index (χ3n) is 2.23. The van der Waals surface area contributed by atoms with Gasteiger partial charge in [0, 0.05) is 13.0 Å². The van der Waals surface area contributed by atoms with Crippen molar-refractivity contribution in [2.45, 2.75) is 26.8 Å². The molecule has 0 radical (unpaired) electrons.